The molecule has 0 aromatic heterocycles. The molecule has 0 bridgehead atoms. The van der Waals surface area contributed by atoms with Crippen LogP contribution in [0, 0.1) is 0 Å². The Hall–Kier alpha value is -3.40. The van der Waals surface area contributed by atoms with Crippen molar-refractivity contribution in [3.63, 3.8) is 0 Å². The summed E-state index contributed by atoms with van der Waals surface area (Å²) in [5.74, 6) is -0.163. The van der Waals surface area contributed by atoms with E-state index in [-0.39, 0.29) is 17.7 Å². The molecule has 2 amide bonds. The van der Waals surface area contributed by atoms with Gasteiger partial charge in [0.05, 0.1) is 0 Å². The lowest BCUT2D eigenvalue weighted by atomic mass is 9.88. The van der Waals surface area contributed by atoms with Crippen molar-refractivity contribution in [2.45, 2.75) is 58.0 Å². The Morgan fingerprint density at radius 2 is 1.32 bits per heavy atom. The summed E-state index contributed by atoms with van der Waals surface area (Å²) in [4.78, 5) is 28.8. The first-order valence-electron chi connectivity index (χ1n) is 12.3. The molecular weight excluding hydrogens is 420 g/mol. The maximum absolute atomic E-state index is 13.9. The lowest BCUT2D eigenvalue weighted by Gasteiger charge is -2.32. The summed E-state index contributed by atoms with van der Waals surface area (Å²) in [7, 11) is 0. The van der Waals surface area contributed by atoms with Gasteiger partial charge in [-0.05, 0) is 29.5 Å². The number of benzene rings is 3. The van der Waals surface area contributed by atoms with Crippen molar-refractivity contribution >= 4 is 11.8 Å². The van der Waals surface area contributed by atoms with Gasteiger partial charge < -0.3 is 10.2 Å². The summed E-state index contributed by atoms with van der Waals surface area (Å²) in [6, 6.07) is 29.7. The van der Waals surface area contributed by atoms with Crippen LogP contribution in [0.1, 0.15) is 62.1 Å². The summed E-state index contributed by atoms with van der Waals surface area (Å²) >= 11 is 0. The molecule has 0 radical (unpaired) electrons. The molecule has 3 rings (SSSR count). The van der Waals surface area contributed by atoms with Gasteiger partial charge in [0.25, 0.3) is 0 Å². The predicted octanol–water partition coefficient (Wildman–Crippen LogP) is 5.93. The molecule has 3 aromatic rings. The summed E-state index contributed by atoms with van der Waals surface area (Å²) in [5, 5.41) is 3.04. The van der Waals surface area contributed by atoms with Crippen LogP contribution in [-0.2, 0) is 16.1 Å². The SMILES string of the molecule is CCCCNC(=O)[C@H](CC)N(Cc1ccccc1)C(=O)CC(c1ccccc1)c1ccccc1. The maximum atomic E-state index is 13.9. The van der Waals surface area contributed by atoms with Gasteiger partial charge >= 0.3 is 0 Å². The highest BCUT2D eigenvalue weighted by Crippen LogP contribution is 2.29. The zero-order valence-corrected chi connectivity index (χ0v) is 20.3. The number of amides is 2. The van der Waals surface area contributed by atoms with Crippen molar-refractivity contribution in [2.24, 2.45) is 0 Å². The van der Waals surface area contributed by atoms with Crippen molar-refractivity contribution in [1.29, 1.82) is 0 Å². The molecule has 4 nitrogen and oxygen atoms in total. The Labute approximate surface area is 204 Å². The third-order valence-corrected chi connectivity index (χ3v) is 6.19. The number of nitrogens with zero attached hydrogens (tertiary/aromatic N) is 1. The Balaban J connectivity index is 1.90. The van der Waals surface area contributed by atoms with Gasteiger partial charge in [-0.1, -0.05) is 111 Å². The summed E-state index contributed by atoms with van der Waals surface area (Å²) in [6.07, 6.45) is 2.82. The molecule has 0 fully saturated rings. The van der Waals surface area contributed by atoms with Crippen molar-refractivity contribution in [1.82, 2.24) is 10.2 Å². The third kappa shape index (κ3) is 7.05. The highest BCUT2D eigenvalue weighted by atomic mass is 16.2. The monoisotopic (exact) mass is 456 g/mol. The van der Waals surface area contributed by atoms with Crippen LogP contribution >= 0.6 is 0 Å². The molecule has 0 spiro atoms. The Kier molecular flexibility index (Phi) is 9.90. The minimum absolute atomic E-state index is 0.0148. The quantitative estimate of drug-likeness (QED) is 0.343. The van der Waals surface area contributed by atoms with E-state index in [9.17, 15) is 9.59 Å². The Morgan fingerprint density at radius 1 is 0.794 bits per heavy atom. The van der Waals surface area contributed by atoms with Crippen molar-refractivity contribution in [3.8, 4) is 0 Å². The van der Waals surface area contributed by atoms with Crippen LogP contribution in [0.15, 0.2) is 91.0 Å². The van der Waals surface area contributed by atoms with E-state index in [0.29, 0.717) is 25.9 Å². The fourth-order valence-corrected chi connectivity index (χ4v) is 4.30. The molecule has 0 unspecified atom stereocenters. The van der Waals surface area contributed by atoms with Crippen molar-refractivity contribution in [2.75, 3.05) is 6.54 Å². The number of carbonyl (C=O) groups excluding carboxylic acids is 2. The van der Waals surface area contributed by atoms with E-state index in [0.717, 1.165) is 29.5 Å². The highest BCUT2D eigenvalue weighted by molar-refractivity contribution is 5.88. The van der Waals surface area contributed by atoms with Gasteiger partial charge in [-0.3, -0.25) is 9.59 Å². The predicted molar refractivity (Wildman–Crippen MR) is 138 cm³/mol. The van der Waals surface area contributed by atoms with Gasteiger partial charge in [0, 0.05) is 25.4 Å². The van der Waals surface area contributed by atoms with Crippen LogP contribution in [-0.4, -0.2) is 29.3 Å². The van der Waals surface area contributed by atoms with E-state index in [2.05, 4.69) is 36.5 Å². The fourth-order valence-electron chi connectivity index (χ4n) is 4.30. The lowest BCUT2D eigenvalue weighted by Crippen LogP contribution is -2.49. The molecule has 3 aromatic carbocycles. The molecular formula is C30H36N2O2. The molecule has 0 saturated carbocycles. The Bertz CT molecular complexity index is 966. The molecule has 4 heteroatoms. The van der Waals surface area contributed by atoms with Crippen LogP contribution in [0.2, 0.25) is 0 Å². The van der Waals surface area contributed by atoms with E-state index in [4.69, 9.17) is 0 Å². The van der Waals surface area contributed by atoms with Crippen LogP contribution < -0.4 is 5.32 Å². The van der Waals surface area contributed by atoms with Crippen molar-refractivity contribution < 1.29 is 9.59 Å². The molecule has 0 saturated heterocycles. The normalized spacial score (nSPS) is 11.7. The molecule has 0 aliphatic carbocycles. The number of hydrogen-bond acceptors (Lipinski definition) is 2. The number of unbranched alkanes of at least 4 members (excludes halogenated alkanes) is 1. The zero-order chi connectivity index (χ0) is 24.2. The molecule has 0 heterocycles. The smallest absolute Gasteiger partial charge is 0.242 e. The van der Waals surface area contributed by atoms with E-state index >= 15 is 0 Å². The standard InChI is InChI=1S/C30H36N2O2/c1-3-5-21-31-30(34)28(4-2)32(23-24-15-9-6-10-16-24)29(33)22-27(25-17-11-7-12-18-25)26-19-13-8-14-20-26/h6-20,27-28H,3-5,21-23H2,1-2H3,(H,31,34)/t28-/m0/s1. The largest absolute Gasteiger partial charge is 0.354 e. The average molecular weight is 457 g/mol. The number of nitrogens with one attached hydrogen (secondary N) is 1. The lowest BCUT2D eigenvalue weighted by molar-refractivity contribution is -0.141. The fraction of sp³-hybridized carbons (Fsp3) is 0.333. The topological polar surface area (TPSA) is 49.4 Å². The number of hydrogen-bond donors (Lipinski definition) is 1. The molecule has 34 heavy (non-hydrogen) atoms. The van der Waals surface area contributed by atoms with Crippen LogP contribution in [0.3, 0.4) is 0 Å². The summed E-state index contributed by atoms with van der Waals surface area (Å²) in [6.45, 7) is 5.12. The second-order valence-corrected chi connectivity index (χ2v) is 8.65. The molecule has 0 aliphatic heterocycles. The third-order valence-electron chi connectivity index (χ3n) is 6.19. The van der Waals surface area contributed by atoms with E-state index < -0.39 is 6.04 Å². The van der Waals surface area contributed by atoms with Crippen molar-refractivity contribution in [3.05, 3.63) is 108 Å². The second-order valence-electron chi connectivity index (χ2n) is 8.65. The first kappa shape index (κ1) is 25.2. The number of carbonyl (C=O) groups is 2. The van der Waals surface area contributed by atoms with Gasteiger partial charge in [0.15, 0.2) is 0 Å². The second kappa shape index (κ2) is 13.3. The Morgan fingerprint density at radius 3 is 1.82 bits per heavy atom. The van der Waals surface area contributed by atoms with E-state index in [1.807, 2.05) is 73.7 Å². The minimum Gasteiger partial charge on any atom is -0.354 e. The average Bonchev–Trinajstić information content (AvgIpc) is 2.89. The van der Waals surface area contributed by atoms with Crippen LogP contribution in [0.25, 0.3) is 0 Å². The van der Waals surface area contributed by atoms with Gasteiger partial charge in [-0.25, -0.2) is 0 Å². The number of rotatable bonds is 12. The summed E-state index contributed by atoms with van der Waals surface area (Å²) in [5.41, 5.74) is 3.22. The van der Waals surface area contributed by atoms with E-state index in [1.165, 1.54) is 0 Å². The summed E-state index contributed by atoms with van der Waals surface area (Å²) < 4.78 is 0. The molecule has 1 atom stereocenters. The van der Waals surface area contributed by atoms with Gasteiger partial charge in [0.2, 0.25) is 11.8 Å². The molecule has 1 N–H and O–H groups in total. The zero-order valence-electron chi connectivity index (χ0n) is 20.3. The van der Waals surface area contributed by atoms with Crippen LogP contribution in [0.5, 0.6) is 0 Å². The maximum Gasteiger partial charge on any atom is 0.242 e. The first-order chi connectivity index (χ1) is 16.6. The van der Waals surface area contributed by atoms with Crippen LogP contribution in [0.4, 0.5) is 0 Å². The van der Waals surface area contributed by atoms with Gasteiger partial charge in [0.1, 0.15) is 6.04 Å². The molecule has 178 valence electrons. The highest BCUT2D eigenvalue weighted by Gasteiger charge is 2.30. The minimum atomic E-state index is -0.503. The first-order valence-corrected chi connectivity index (χ1v) is 12.3. The van der Waals surface area contributed by atoms with Gasteiger partial charge in [-0.15, -0.1) is 0 Å². The van der Waals surface area contributed by atoms with Gasteiger partial charge in [-0.2, -0.15) is 0 Å². The molecule has 0 aliphatic rings. The van der Waals surface area contributed by atoms with E-state index in [1.54, 1.807) is 4.90 Å².